The Morgan fingerprint density at radius 2 is 2.43 bits per heavy atom. The number of alkyl halides is 1. The summed E-state index contributed by atoms with van der Waals surface area (Å²) < 4.78 is 7.24. The van der Waals surface area contributed by atoms with Crippen LogP contribution in [0.2, 0.25) is 0 Å². The van der Waals surface area contributed by atoms with E-state index in [2.05, 4.69) is 10.9 Å². The van der Waals surface area contributed by atoms with Crippen molar-refractivity contribution in [3.05, 3.63) is 22.2 Å². The number of ether oxygens (including phenoxy) is 1. The van der Waals surface area contributed by atoms with Gasteiger partial charge >= 0.3 is 5.69 Å². The molecule has 2 aliphatic rings. The molecule has 0 bridgehead atoms. The molecular formula is C14H16ClN3O3. The third-order valence-corrected chi connectivity index (χ3v) is 5.04. The van der Waals surface area contributed by atoms with Crippen molar-refractivity contribution in [3.8, 4) is 12.3 Å². The second-order valence-corrected chi connectivity index (χ2v) is 6.37. The van der Waals surface area contributed by atoms with Gasteiger partial charge in [-0.25, -0.2) is 4.79 Å². The van der Waals surface area contributed by atoms with E-state index in [1.54, 1.807) is 19.9 Å². The van der Waals surface area contributed by atoms with Gasteiger partial charge in [0.1, 0.15) is 11.4 Å². The van der Waals surface area contributed by atoms with Gasteiger partial charge in [-0.15, -0.1) is 6.42 Å². The molecule has 0 aromatic carbocycles. The van der Waals surface area contributed by atoms with Crippen molar-refractivity contribution in [2.45, 2.75) is 43.1 Å². The van der Waals surface area contributed by atoms with Gasteiger partial charge in [0.05, 0.1) is 6.10 Å². The molecule has 2 fully saturated rings. The quantitative estimate of drug-likeness (QED) is 0.610. The van der Waals surface area contributed by atoms with E-state index in [1.165, 1.54) is 4.57 Å². The highest BCUT2D eigenvalue weighted by Crippen LogP contribution is 2.67. The van der Waals surface area contributed by atoms with Crippen LogP contribution in [-0.4, -0.2) is 31.2 Å². The summed E-state index contributed by atoms with van der Waals surface area (Å²) in [5.41, 5.74) is 4.76. The fourth-order valence-electron chi connectivity index (χ4n) is 3.25. The SMILES string of the molecule is C#CC1(Cl)C2CC2([C@@H](C)O)O[C@H]1n1c(C)cc(N)nc1=O. The van der Waals surface area contributed by atoms with E-state index >= 15 is 0 Å². The Hall–Kier alpha value is -1.55. The second-order valence-electron chi connectivity index (χ2n) is 5.75. The number of aliphatic hydroxyl groups is 1. The average molecular weight is 310 g/mol. The molecule has 1 saturated heterocycles. The third kappa shape index (κ3) is 1.75. The molecular weight excluding hydrogens is 294 g/mol. The fraction of sp³-hybridized carbons (Fsp3) is 0.571. The van der Waals surface area contributed by atoms with Crippen LogP contribution in [0.15, 0.2) is 10.9 Å². The summed E-state index contributed by atoms with van der Waals surface area (Å²) in [6.45, 7) is 3.34. The van der Waals surface area contributed by atoms with Crippen LogP contribution in [0.25, 0.3) is 0 Å². The summed E-state index contributed by atoms with van der Waals surface area (Å²) >= 11 is 6.57. The number of rotatable bonds is 2. The first-order chi connectivity index (χ1) is 9.76. The fourth-order valence-corrected chi connectivity index (χ4v) is 3.65. The Kier molecular flexibility index (Phi) is 2.90. The van der Waals surface area contributed by atoms with Crippen LogP contribution in [0.1, 0.15) is 25.3 Å². The topological polar surface area (TPSA) is 90.4 Å². The number of fused-ring (bicyclic) bond motifs is 1. The predicted octanol–water partition coefficient (Wildman–Crippen LogP) is 0.413. The lowest BCUT2D eigenvalue weighted by molar-refractivity contribution is -0.0944. The van der Waals surface area contributed by atoms with E-state index in [0.29, 0.717) is 12.1 Å². The van der Waals surface area contributed by atoms with Gasteiger partial charge in [0.25, 0.3) is 0 Å². The van der Waals surface area contributed by atoms with Gasteiger partial charge in [0, 0.05) is 11.6 Å². The molecule has 1 aliphatic carbocycles. The maximum absolute atomic E-state index is 12.1. The zero-order chi connectivity index (χ0) is 15.6. The molecule has 7 heteroatoms. The summed E-state index contributed by atoms with van der Waals surface area (Å²) in [6, 6.07) is 1.55. The van der Waals surface area contributed by atoms with Crippen molar-refractivity contribution in [1.82, 2.24) is 9.55 Å². The average Bonchev–Trinajstić information content (AvgIpc) is 3.07. The summed E-state index contributed by atoms with van der Waals surface area (Å²) in [6.07, 6.45) is 4.57. The highest BCUT2D eigenvalue weighted by atomic mass is 35.5. The maximum atomic E-state index is 12.1. The van der Waals surface area contributed by atoms with E-state index in [4.69, 9.17) is 28.5 Å². The van der Waals surface area contributed by atoms with Crippen LogP contribution < -0.4 is 11.4 Å². The number of nitrogens with zero attached hydrogens (tertiary/aromatic N) is 2. The van der Waals surface area contributed by atoms with Crippen molar-refractivity contribution in [2.75, 3.05) is 5.73 Å². The number of aromatic nitrogens is 2. The van der Waals surface area contributed by atoms with Crippen molar-refractivity contribution >= 4 is 17.4 Å². The first-order valence-electron chi connectivity index (χ1n) is 6.64. The Morgan fingerprint density at radius 1 is 1.76 bits per heavy atom. The minimum Gasteiger partial charge on any atom is -0.390 e. The molecule has 0 amide bonds. The number of nitrogens with two attached hydrogens (primary N) is 1. The van der Waals surface area contributed by atoms with Gasteiger partial charge in [-0.2, -0.15) is 4.98 Å². The molecule has 5 atom stereocenters. The Bertz CT molecular complexity index is 710. The number of hydrogen-bond donors (Lipinski definition) is 2. The highest BCUT2D eigenvalue weighted by molar-refractivity contribution is 6.27. The molecule has 1 aliphatic heterocycles. The Morgan fingerprint density at radius 3 is 2.95 bits per heavy atom. The number of aliphatic hydroxyl groups excluding tert-OH is 1. The second kappa shape index (κ2) is 4.23. The summed E-state index contributed by atoms with van der Waals surface area (Å²) in [5.74, 6) is 2.46. The lowest BCUT2D eigenvalue weighted by Crippen LogP contribution is -2.40. The molecule has 112 valence electrons. The molecule has 0 radical (unpaired) electrons. The number of halogens is 1. The van der Waals surface area contributed by atoms with Crippen LogP contribution in [0.3, 0.4) is 0 Å². The minimum atomic E-state index is -1.19. The zero-order valence-corrected chi connectivity index (χ0v) is 12.5. The van der Waals surface area contributed by atoms with E-state index in [-0.39, 0.29) is 11.7 Å². The van der Waals surface area contributed by atoms with E-state index < -0.39 is 28.5 Å². The van der Waals surface area contributed by atoms with Gasteiger partial charge < -0.3 is 15.6 Å². The van der Waals surface area contributed by atoms with Crippen molar-refractivity contribution < 1.29 is 9.84 Å². The van der Waals surface area contributed by atoms with Crippen molar-refractivity contribution in [2.24, 2.45) is 5.92 Å². The number of aryl methyl sites for hydroxylation is 1. The third-order valence-electron chi connectivity index (χ3n) is 4.48. The number of terminal acetylenes is 1. The lowest BCUT2D eigenvalue weighted by atomic mass is 10.00. The molecule has 3 rings (SSSR count). The number of hydrogen-bond acceptors (Lipinski definition) is 5. The number of nitrogen functional groups attached to an aromatic ring is 1. The minimum absolute atomic E-state index is 0.128. The largest absolute Gasteiger partial charge is 0.390 e. The van der Waals surface area contributed by atoms with Gasteiger partial charge in [0.15, 0.2) is 11.1 Å². The van der Waals surface area contributed by atoms with Crippen LogP contribution in [0, 0.1) is 25.2 Å². The van der Waals surface area contributed by atoms with Crippen LogP contribution in [0.5, 0.6) is 0 Å². The van der Waals surface area contributed by atoms with E-state index in [9.17, 15) is 9.90 Å². The maximum Gasteiger partial charge on any atom is 0.351 e. The molecule has 1 aromatic rings. The van der Waals surface area contributed by atoms with Gasteiger partial charge in [0.2, 0.25) is 0 Å². The Balaban J connectivity index is 2.12. The molecule has 21 heavy (non-hydrogen) atoms. The van der Waals surface area contributed by atoms with E-state index in [1.807, 2.05) is 0 Å². The Labute approximate surface area is 126 Å². The lowest BCUT2D eigenvalue weighted by Gasteiger charge is -2.29. The molecule has 3 N–H and O–H groups in total. The molecule has 1 saturated carbocycles. The first-order valence-corrected chi connectivity index (χ1v) is 7.02. The summed E-state index contributed by atoms with van der Waals surface area (Å²) in [7, 11) is 0. The van der Waals surface area contributed by atoms with Gasteiger partial charge in [-0.3, -0.25) is 4.57 Å². The monoisotopic (exact) mass is 309 g/mol. The molecule has 0 spiro atoms. The summed E-state index contributed by atoms with van der Waals surface area (Å²) in [5, 5.41) is 9.95. The zero-order valence-electron chi connectivity index (χ0n) is 11.7. The standard InChI is InChI=1S/C14H16ClN3O3/c1-4-13(15)9-6-14(9,8(3)19)21-11(13)18-7(2)5-10(16)17-12(18)20/h1,5,8-9,11,19H,6H2,2-3H3,(H2,16,17,20)/t8-,9?,11-,13?,14?/m1/s1. The van der Waals surface area contributed by atoms with Gasteiger partial charge in [-0.1, -0.05) is 17.5 Å². The number of anilines is 1. The van der Waals surface area contributed by atoms with Crippen LogP contribution >= 0.6 is 11.6 Å². The normalized spacial score (nSPS) is 38.6. The van der Waals surface area contributed by atoms with Gasteiger partial charge in [-0.05, 0) is 26.3 Å². The molecule has 6 nitrogen and oxygen atoms in total. The smallest absolute Gasteiger partial charge is 0.351 e. The molecule has 1 aromatic heterocycles. The summed E-state index contributed by atoms with van der Waals surface area (Å²) in [4.78, 5) is 14.7. The molecule has 2 heterocycles. The first kappa shape index (κ1) is 14.4. The van der Waals surface area contributed by atoms with E-state index in [0.717, 1.165) is 0 Å². The van der Waals surface area contributed by atoms with Crippen molar-refractivity contribution in [3.63, 3.8) is 0 Å². The predicted molar refractivity (Wildman–Crippen MR) is 77.7 cm³/mol. The molecule has 3 unspecified atom stereocenters. The van der Waals surface area contributed by atoms with Crippen molar-refractivity contribution in [1.29, 1.82) is 0 Å². The highest BCUT2D eigenvalue weighted by Gasteiger charge is 2.76. The van der Waals surface area contributed by atoms with Crippen LogP contribution in [-0.2, 0) is 4.74 Å². The van der Waals surface area contributed by atoms with Crippen LogP contribution in [0.4, 0.5) is 5.82 Å².